The second kappa shape index (κ2) is 5.01. The quantitative estimate of drug-likeness (QED) is 0.827. The van der Waals surface area contributed by atoms with Crippen molar-refractivity contribution in [1.82, 2.24) is 10.6 Å². The maximum atomic E-state index is 12.8. The SMILES string of the molecule is O=C(NCc1ccoc1)NC1CCC(F)C1. The molecular weight excluding hydrogens is 211 g/mol. The maximum absolute atomic E-state index is 12.8. The Labute approximate surface area is 93.2 Å². The fourth-order valence-corrected chi connectivity index (χ4v) is 1.87. The van der Waals surface area contributed by atoms with Crippen LogP contribution in [0, 0.1) is 0 Å². The minimum Gasteiger partial charge on any atom is -0.472 e. The summed E-state index contributed by atoms with van der Waals surface area (Å²) in [6, 6.07) is 1.51. The molecule has 0 aromatic carbocycles. The van der Waals surface area contributed by atoms with Crippen molar-refractivity contribution in [3.8, 4) is 0 Å². The summed E-state index contributed by atoms with van der Waals surface area (Å²) in [5.41, 5.74) is 0.907. The molecule has 1 aromatic rings. The predicted molar refractivity (Wildman–Crippen MR) is 56.6 cm³/mol. The number of carbonyl (C=O) groups excluding carboxylic acids is 1. The van der Waals surface area contributed by atoms with Crippen LogP contribution in [0.1, 0.15) is 24.8 Å². The molecule has 1 saturated carbocycles. The third-order valence-electron chi connectivity index (χ3n) is 2.74. The molecule has 2 unspecified atom stereocenters. The summed E-state index contributed by atoms with van der Waals surface area (Å²) in [7, 11) is 0. The highest BCUT2D eigenvalue weighted by Crippen LogP contribution is 2.21. The topological polar surface area (TPSA) is 54.3 Å². The van der Waals surface area contributed by atoms with Crippen molar-refractivity contribution >= 4 is 6.03 Å². The average molecular weight is 226 g/mol. The standard InChI is InChI=1S/C11H15FN2O2/c12-9-1-2-10(5-9)14-11(15)13-6-8-3-4-16-7-8/h3-4,7,9-10H,1-2,5-6H2,(H2,13,14,15). The number of rotatable bonds is 3. The lowest BCUT2D eigenvalue weighted by Crippen LogP contribution is -2.40. The minimum atomic E-state index is -0.765. The molecule has 0 radical (unpaired) electrons. The van der Waals surface area contributed by atoms with E-state index in [1.54, 1.807) is 18.6 Å². The Hall–Kier alpha value is -1.52. The van der Waals surface area contributed by atoms with Crippen LogP contribution in [0.25, 0.3) is 0 Å². The van der Waals surface area contributed by atoms with Crippen molar-refractivity contribution in [2.75, 3.05) is 0 Å². The number of nitrogens with one attached hydrogen (secondary N) is 2. The molecule has 2 N–H and O–H groups in total. The second-order valence-corrected chi connectivity index (χ2v) is 4.07. The van der Waals surface area contributed by atoms with Crippen LogP contribution in [0.15, 0.2) is 23.0 Å². The van der Waals surface area contributed by atoms with Gasteiger partial charge in [-0.3, -0.25) is 0 Å². The first-order chi connectivity index (χ1) is 7.74. The van der Waals surface area contributed by atoms with Gasteiger partial charge in [-0.05, 0) is 25.3 Å². The second-order valence-electron chi connectivity index (χ2n) is 4.07. The molecule has 4 nitrogen and oxygen atoms in total. The molecule has 16 heavy (non-hydrogen) atoms. The van der Waals surface area contributed by atoms with E-state index in [9.17, 15) is 9.18 Å². The van der Waals surface area contributed by atoms with Crippen LogP contribution in [0.5, 0.6) is 0 Å². The van der Waals surface area contributed by atoms with Crippen LogP contribution in [-0.4, -0.2) is 18.2 Å². The Morgan fingerprint density at radius 1 is 1.56 bits per heavy atom. The number of urea groups is 1. The van der Waals surface area contributed by atoms with Gasteiger partial charge in [-0.25, -0.2) is 9.18 Å². The first kappa shape index (κ1) is 11.0. The number of furan rings is 1. The number of hydrogen-bond donors (Lipinski definition) is 2. The number of carbonyl (C=O) groups is 1. The van der Waals surface area contributed by atoms with E-state index in [1.165, 1.54) is 0 Å². The average Bonchev–Trinajstić information content (AvgIpc) is 2.87. The smallest absolute Gasteiger partial charge is 0.315 e. The van der Waals surface area contributed by atoms with Gasteiger partial charge in [0, 0.05) is 18.2 Å². The van der Waals surface area contributed by atoms with Gasteiger partial charge in [0.1, 0.15) is 6.17 Å². The lowest BCUT2D eigenvalue weighted by molar-refractivity contribution is 0.236. The molecule has 1 aliphatic carbocycles. The van der Waals surface area contributed by atoms with Crippen LogP contribution in [0.4, 0.5) is 9.18 Å². The molecule has 2 amide bonds. The maximum Gasteiger partial charge on any atom is 0.315 e. The highest BCUT2D eigenvalue weighted by atomic mass is 19.1. The van der Waals surface area contributed by atoms with E-state index in [1.807, 2.05) is 0 Å². The molecule has 5 heteroatoms. The van der Waals surface area contributed by atoms with E-state index in [0.717, 1.165) is 12.0 Å². The lowest BCUT2D eigenvalue weighted by atomic mass is 10.2. The van der Waals surface area contributed by atoms with Gasteiger partial charge in [0.25, 0.3) is 0 Å². The molecule has 1 heterocycles. The monoisotopic (exact) mass is 226 g/mol. The van der Waals surface area contributed by atoms with Crippen LogP contribution >= 0.6 is 0 Å². The van der Waals surface area contributed by atoms with Crippen LogP contribution < -0.4 is 10.6 Å². The molecular formula is C11H15FN2O2. The first-order valence-electron chi connectivity index (χ1n) is 5.43. The predicted octanol–water partition coefficient (Wildman–Crippen LogP) is 1.97. The van der Waals surface area contributed by atoms with Gasteiger partial charge in [0.05, 0.1) is 12.5 Å². The van der Waals surface area contributed by atoms with Gasteiger partial charge in [-0.2, -0.15) is 0 Å². The Bertz CT molecular complexity index is 340. The van der Waals surface area contributed by atoms with Crippen molar-refractivity contribution in [3.63, 3.8) is 0 Å². The van der Waals surface area contributed by atoms with E-state index in [-0.39, 0.29) is 12.1 Å². The summed E-state index contributed by atoms with van der Waals surface area (Å²) in [4.78, 5) is 11.4. The molecule has 2 atom stereocenters. The van der Waals surface area contributed by atoms with Gasteiger partial charge in [0.15, 0.2) is 0 Å². The van der Waals surface area contributed by atoms with Crippen LogP contribution in [0.3, 0.4) is 0 Å². The zero-order chi connectivity index (χ0) is 11.4. The Morgan fingerprint density at radius 2 is 2.44 bits per heavy atom. The molecule has 88 valence electrons. The fourth-order valence-electron chi connectivity index (χ4n) is 1.87. The summed E-state index contributed by atoms with van der Waals surface area (Å²) in [6.45, 7) is 0.425. The number of alkyl halides is 1. The highest BCUT2D eigenvalue weighted by Gasteiger charge is 2.25. The normalized spacial score (nSPS) is 24.3. The Balaban J connectivity index is 1.68. The van der Waals surface area contributed by atoms with Crippen molar-refractivity contribution < 1.29 is 13.6 Å². The van der Waals surface area contributed by atoms with Gasteiger partial charge in [-0.1, -0.05) is 0 Å². The third-order valence-corrected chi connectivity index (χ3v) is 2.74. The lowest BCUT2D eigenvalue weighted by Gasteiger charge is -2.12. The summed E-state index contributed by atoms with van der Waals surface area (Å²) in [5, 5.41) is 5.45. The largest absolute Gasteiger partial charge is 0.472 e. The third kappa shape index (κ3) is 2.98. The molecule has 0 bridgehead atoms. The van der Waals surface area contributed by atoms with E-state index in [0.29, 0.717) is 19.4 Å². The summed E-state index contributed by atoms with van der Waals surface area (Å²) >= 11 is 0. The molecule has 0 aliphatic heterocycles. The van der Waals surface area contributed by atoms with Crippen LogP contribution in [0.2, 0.25) is 0 Å². The molecule has 1 aromatic heterocycles. The Morgan fingerprint density at radius 3 is 3.06 bits per heavy atom. The summed E-state index contributed by atoms with van der Waals surface area (Å²) in [5.74, 6) is 0. The minimum absolute atomic E-state index is 0.0284. The van der Waals surface area contributed by atoms with Gasteiger partial charge in [-0.15, -0.1) is 0 Å². The molecule has 2 rings (SSSR count). The van der Waals surface area contributed by atoms with Crippen molar-refractivity contribution in [3.05, 3.63) is 24.2 Å². The van der Waals surface area contributed by atoms with Crippen molar-refractivity contribution in [1.29, 1.82) is 0 Å². The van der Waals surface area contributed by atoms with E-state index < -0.39 is 6.17 Å². The van der Waals surface area contributed by atoms with E-state index in [2.05, 4.69) is 10.6 Å². The summed E-state index contributed by atoms with van der Waals surface area (Å²) < 4.78 is 17.7. The van der Waals surface area contributed by atoms with Gasteiger partial charge in [0.2, 0.25) is 0 Å². The molecule has 1 aliphatic rings. The van der Waals surface area contributed by atoms with Crippen molar-refractivity contribution in [2.24, 2.45) is 0 Å². The summed E-state index contributed by atoms with van der Waals surface area (Å²) in [6.07, 6.45) is 4.07. The number of halogens is 1. The number of hydrogen-bond acceptors (Lipinski definition) is 2. The zero-order valence-corrected chi connectivity index (χ0v) is 8.91. The molecule has 1 fully saturated rings. The van der Waals surface area contributed by atoms with E-state index in [4.69, 9.17) is 4.42 Å². The van der Waals surface area contributed by atoms with E-state index >= 15 is 0 Å². The Kier molecular flexibility index (Phi) is 3.44. The molecule has 0 spiro atoms. The number of amides is 2. The van der Waals surface area contributed by atoms with Gasteiger partial charge >= 0.3 is 6.03 Å². The fraction of sp³-hybridized carbons (Fsp3) is 0.545. The van der Waals surface area contributed by atoms with Gasteiger partial charge < -0.3 is 15.1 Å². The van der Waals surface area contributed by atoms with Crippen molar-refractivity contribution in [2.45, 2.75) is 38.0 Å². The zero-order valence-electron chi connectivity index (χ0n) is 8.91. The highest BCUT2D eigenvalue weighted by molar-refractivity contribution is 5.74. The first-order valence-corrected chi connectivity index (χ1v) is 5.43. The van der Waals surface area contributed by atoms with Crippen LogP contribution in [-0.2, 0) is 6.54 Å². The molecule has 0 saturated heterocycles.